The van der Waals surface area contributed by atoms with Crippen LogP contribution in [0.2, 0.25) is 0 Å². The number of nitrogens with zero attached hydrogens (tertiary/aromatic N) is 4. The number of halogens is 3. The maximum atomic E-state index is 12.4. The van der Waals surface area contributed by atoms with Crippen LogP contribution in [0.25, 0.3) is 0 Å². The highest BCUT2D eigenvalue weighted by Crippen LogP contribution is 2.39. The SMILES string of the molecule is COCc1c(Br)c(C)nc(OCC2=NN(C(C)=O)[C@@H](c3cc(Br)cc(I)c3OC(C)=O)O2)c1C#N. The van der Waals surface area contributed by atoms with Crippen LogP contribution in [0.1, 0.15) is 42.5 Å². The van der Waals surface area contributed by atoms with Gasteiger partial charge >= 0.3 is 5.97 Å². The first-order valence-corrected chi connectivity index (χ1v) is 12.7. The number of rotatable bonds is 7. The van der Waals surface area contributed by atoms with Crippen molar-refractivity contribution in [3.8, 4) is 17.7 Å². The summed E-state index contributed by atoms with van der Waals surface area (Å²) in [7, 11) is 1.52. The predicted octanol–water partition coefficient (Wildman–Crippen LogP) is 4.73. The van der Waals surface area contributed by atoms with Gasteiger partial charge in [-0.2, -0.15) is 10.3 Å². The van der Waals surface area contributed by atoms with Gasteiger partial charge in [0.2, 0.25) is 23.9 Å². The summed E-state index contributed by atoms with van der Waals surface area (Å²) in [6, 6.07) is 5.55. The number of aryl methyl sites for hydroxylation is 1. The number of hydrogen-bond donors (Lipinski definition) is 0. The summed E-state index contributed by atoms with van der Waals surface area (Å²) in [6.07, 6.45) is -0.995. The predicted molar refractivity (Wildman–Crippen MR) is 140 cm³/mol. The van der Waals surface area contributed by atoms with Gasteiger partial charge in [-0.25, -0.2) is 4.98 Å². The van der Waals surface area contributed by atoms with Gasteiger partial charge in [-0.05, 0) is 57.6 Å². The first-order chi connectivity index (χ1) is 16.6. The van der Waals surface area contributed by atoms with E-state index in [0.717, 1.165) is 5.01 Å². The van der Waals surface area contributed by atoms with E-state index in [9.17, 15) is 14.9 Å². The van der Waals surface area contributed by atoms with E-state index < -0.39 is 18.1 Å². The third-order valence-corrected chi connectivity index (χ3v) is 6.97. The fourth-order valence-electron chi connectivity index (χ4n) is 3.23. The molecule has 0 fully saturated rings. The molecule has 10 nitrogen and oxygen atoms in total. The van der Waals surface area contributed by atoms with Crippen LogP contribution in [0.4, 0.5) is 0 Å². The van der Waals surface area contributed by atoms with Gasteiger partial charge in [0.1, 0.15) is 11.6 Å². The summed E-state index contributed by atoms with van der Waals surface area (Å²) in [5, 5.41) is 15.1. The monoisotopic (exact) mass is 720 g/mol. The molecule has 2 heterocycles. The van der Waals surface area contributed by atoms with Crippen LogP contribution in [0.15, 0.2) is 26.2 Å². The Kier molecular flexibility index (Phi) is 9.08. The quantitative estimate of drug-likeness (QED) is 0.229. The molecular weight excluding hydrogens is 703 g/mol. The van der Waals surface area contributed by atoms with Crippen molar-refractivity contribution in [3.05, 3.63) is 47.0 Å². The number of pyridine rings is 1. The topological polar surface area (TPSA) is 123 Å². The van der Waals surface area contributed by atoms with Crippen molar-refractivity contribution in [2.24, 2.45) is 5.10 Å². The average molecular weight is 722 g/mol. The molecule has 0 bridgehead atoms. The Hall–Kier alpha value is -2.28. The van der Waals surface area contributed by atoms with Crippen molar-refractivity contribution < 1.29 is 28.5 Å². The lowest BCUT2D eigenvalue weighted by Gasteiger charge is -2.22. The van der Waals surface area contributed by atoms with E-state index in [1.807, 2.05) is 22.6 Å². The maximum absolute atomic E-state index is 12.4. The van der Waals surface area contributed by atoms with Crippen LogP contribution in [0.3, 0.4) is 0 Å². The van der Waals surface area contributed by atoms with E-state index in [-0.39, 0.29) is 36.3 Å². The van der Waals surface area contributed by atoms with E-state index in [2.05, 4.69) is 48.0 Å². The summed E-state index contributed by atoms with van der Waals surface area (Å²) in [5.41, 5.74) is 1.84. The number of amides is 1. The lowest BCUT2D eigenvalue weighted by molar-refractivity contribution is -0.135. The first-order valence-electron chi connectivity index (χ1n) is 9.99. The summed E-state index contributed by atoms with van der Waals surface area (Å²) < 4.78 is 24.3. The van der Waals surface area contributed by atoms with Crippen LogP contribution in [0, 0.1) is 21.8 Å². The van der Waals surface area contributed by atoms with E-state index in [1.54, 1.807) is 19.1 Å². The Labute approximate surface area is 232 Å². The summed E-state index contributed by atoms with van der Waals surface area (Å²) in [6.45, 7) is 4.36. The molecule has 1 aromatic heterocycles. The van der Waals surface area contributed by atoms with Crippen molar-refractivity contribution in [1.82, 2.24) is 9.99 Å². The molecule has 1 aromatic carbocycles. The first kappa shape index (κ1) is 27.3. The number of carbonyl (C=O) groups excluding carboxylic acids is 2. The van der Waals surface area contributed by atoms with Gasteiger partial charge < -0.3 is 18.9 Å². The van der Waals surface area contributed by atoms with E-state index in [4.69, 9.17) is 18.9 Å². The van der Waals surface area contributed by atoms with Gasteiger partial charge in [0, 0.05) is 35.5 Å². The Balaban J connectivity index is 1.92. The van der Waals surface area contributed by atoms with Crippen LogP contribution in [0.5, 0.6) is 11.6 Å². The third kappa shape index (κ3) is 6.11. The Morgan fingerprint density at radius 2 is 2.00 bits per heavy atom. The third-order valence-electron chi connectivity index (χ3n) is 4.66. The molecule has 0 saturated heterocycles. The average Bonchev–Trinajstić information content (AvgIpc) is 3.21. The lowest BCUT2D eigenvalue weighted by Crippen LogP contribution is -2.26. The number of benzene rings is 1. The number of ether oxygens (including phenoxy) is 4. The van der Waals surface area contributed by atoms with E-state index in [0.29, 0.717) is 29.3 Å². The Morgan fingerprint density at radius 1 is 1.29 bits per heavy atom. The minimum atomic E-state index is -0.995. The highest BCUT2D eigenvalue weighted by atomic mass is 127. The number of nitriles is 1. The van der Waals surface area contributed by atoms with Crippen molar-refractivity contribution in [3.63, 3.8) is 0 Å². The normalized spacial score (nSPS) is 14.7. The molecule has 0 N–H and O–H groups in total. The molecule has 1 atom stereocenters. The minimum Gasteiger partial charge on any atom is -0.467 e. The highest BCUT2D eigenvalue weighted by molar-refractivity contribution is 14.1. The molecule has 3 rings (SSSR count). The standard InChI is InChI=1S/C22H19Br2IN4O6/c1-10-19(24)16(8-32-4)15(7-26)21(27-10)33-9-18-28-29(11(2)30)22(35-18)14-5-13(23)6-17(25)20(14)34-12(3)31/h5-6,22H,8-9H2,1-4H3/t22-/m1/s1. The van der Waals surface area contributed by atoms with Crippen molar-refractivity contribution in [1.29, 1.82) is 5.26 Å². The number of aromatic nitrogens is 1. The van der Waals surface area contributed by atoms with E-state index >= 15 is 0 Å². The van der Waals surface area contributed by atoms with Crippen molar-refractivity contribution in [2.45, 2.75) is 33.6 Å². The molecule has 2 aromatic rings. The van der Waals surface area contributed by atoms with Gasteiger partial charge in [0.25, 0.3) is 0 Å². The molecule has 1 amide bonds. The van der Waals surface area contributed by atoms with Gasteiger partial charge in [-0.1, -0.05) is 15.9 Å². The summed E-state index contributed by atoms with van der Waals surface area (Å²) >= 11 is 8.88. The molecule has 13 heteroatoms. The molecule has 184 valence electrons. The van der Waals surface area contributed by atoms with Crippen molar-refractivity contribution in [2.75, 3.05) is 13.7 Å². The summed E-state index contributed by atoms with van der Waals surface area (Å²) in [4.78, 5) is 28.4. The van der Waals surface area contributed by atoms with Gasteiger partial charge in [0.05, 0.1) is 21.4 Å². The van der Waals surface area contributed by atoms with Gasteiger partial charge in [-0.15, -0.1) is 5.10 Å². The van der Waals surface area contributed by atoms with E-state index in [1.165, 1.54) is 21.0 Å². The molecule has 1 aliphatic rings. The Morgan fingerprint density at radius 3 is 2.60 bits per heavy atom. The zero-order chi connectivity index (χ0) is 25.9. The fraction of sp³-hybridized carbons (Fsp3) is 0.318. The zero-order valence-electron chi connectivity index (χ0n) is 19.0. The second kappa shape index (κ2) is 11.6. The Bertz CT molecular complexity index is 1260. The number of esters is 1. The fourth-order valence-corrected chi connectivity index (χ4v) is 5.29. The van der Waals surface area contributed by atoms with Crippen LogP contribution >= 0.6 is 54.5 Å². The smallest absolute Gasteiger partial charge is 0.308 e. The van der Waals surface area contributed by atoms with Crippen LogP contribution in [-0.4, -0.2) is 41.5 Å². The van der Waals surface area contributed by atoms with Crippen LogP contribution in [-0.2, 0) is 25.7 Å². The molecule has 1 aliphatic heterocycles. The minimum absolute atomic E-state index is 0.0773. The second-order valence-electron chi connectivity index (χ2n) is 7.23. The molecule has 35 heavy (non-hydrogen) atoms. The number of methoxy groups -OCH3 is 1. The van der Waals surface area contributed by atoms with Crippen LogP contribution < -0.4 is 9.47 Å². The maximum Gasteiger partial charge on any atom is 0.308 e. The second-order valence-corrected chi connectivity index (χ2v) is 10.1. The van der Waals surface area contributed by atoms with Gasteiger partial charge in [-0.3, -0.25) is 9.59 Å². The molecule has 0 spiro atoms. The van der Waals surface area contributed by atoms with Gasteiger partial charge in [0.15, 0.2) is 12.4 Å². The molecule has 0 unspecified atom stereocenters. The molecule has 0 saturated carbocycles. The summed E-state index contributed by atoms with van der Waals surface area (Å²) in [5.74, 6) is -0.492. The largest absolute Gasteiger partial charge is 0.467 e. The number of carbonyl (C=O) groups is 2. The zero-order valence-corrected chi connectivity index (χ0v) is 24.3. The highest BCUT2D eigenvalue weighted by Gasteiger charge is 2.36. The number of hydrogen-bond acceptors (Lipinski definition) is 9. The number of hydrazone groups is 1. The van der Waals surface area contributed by atoms with Crippen molar-refractivity contribution >= 4 is 72.2 Å². The lowest BCUT2D eigenvalue weighted by atomic mass is 10.1. The molecular formula is C22H19Br2IN4O6. The molecule has 0 radical (unpaired) electrons. The molecule has 0 aliphatic carbocycles.